The number of nitrogens with one attached hydrogen (secondary N) is 1. The van der Waals surface area contributed by atoms with Gasteiger partial charge in [-0.15, -0.1) is 16.4 Å². The Morgan fingerprint density at radius 1 is 1.16 bits per heavy atom. The molecule has 2 aromatic heterocycles. The number of thiophene rings is 1. The molecule has 1 N–H and O–H groups in total. The molecule has 0 radical (unpaired) electrons. The molecule has 0 spiro atoms. The number of piperidine rings is 1. The number of rotatable bonds is 6. The van der Waals surface area contributed by atoms with Gasteiger partial charge >= 0.3 is 6.01 Å². The minimum absolute atomic E-state index is 0.0272. The number of carbonyl (C=O) groups is 1. The minimum atomic E-state index is -3.49. The van der Waals surface area contributed by atoms with Gasteiger partial charge in [-0.1, -0.05) is 17.2 Å². The molecule has 2 aliphatic heterocycles. The van der Waals surface area contributed by atoms with Crippen LogP contribution in [-0.4, -0.2) is 48.7 Å². The maximum Gasteiger partial charge on any atom is 0.322 e. The van der Waals surface area contributed by atoms with Gasteiger partial charge in [0, 0.05) is 19.0 Å². The summed E-state index contributed by atoms with van der Waals surface area (Å²) in [6, 6.07) is 8.89. The second kappa shape index (κ2) is 8.52. The number of hydrogen-bond acceptors (Lipinski definition) is 9. The highest BCUT2D eigenvalue weighted by atomic mass is 32.2. The van der Waals surface area contributed by atoms with E-state index in [1.54, 1.807) is 17.5 Å². The first-order valence-electron chi connectivity index (χ1n) is 10.0. The third-order valence-corrected chi connectivity index (χ3v) is 8.67. The van der Waals surface area contributed by atoms with Gasteiger partial charge in [0.1, 0.15) is 4.21 Å². The Hall–Kier alpha value is -2.96. The van der Waals surface area contributed by atoms with Crippen molar-refractivity contribution in [1.29, 1.82) is 0 Å². The molecule has 0 aliphatic carbocycles. The molecule has 0 bridgehead atoms. The van der Waals surface area contributed by atoms with Crippen LogP contribution in [0.25, 0.3) is 0 Å². The zero-order valence-electron chi connectivity index (χ0n) is 16.9. The zero-order valence-corrected chi connectivity index (χ0v) is 18.5. The van der Waals surface area contributed by atoms with Crippen molar-refractivity contribution in [1.82, 2.24) is 14.5 Å². The van der Waals surface area contributed by atoms with E-state index in [1.807, 2.05) is 18.2 Å². The summed E-state index contributed by atoms with van der Waals surface area (Å²) in [5.41, 5.74) is 0.912. The van der Waals surface area contributed by atoms with Gasteiger partial charge in [0.15, 0.2) is 11.5 Å². The molecular weight excluding hydrogens is 456 g/mol. The highest BCUT2D eigenvalue weighted by molar-refractivity contribution is 7.91. The average molecular weight is 477 g/mol. The Balaban J connectivity index is 1.16. The normalized spacial score (nSPS) is 16.9. The van der Waals surface area contributed by atoms with E-state index in [0.29, 0.717) is 40.9 Å². The van der Waals surface area contributed by atoms with Crippen LogP contribution in [0.15, 0.2) is 44.3 Å². The van der Waals surface area contributed by atoms with Crippen LogP contribution in [0.5, 0.6) is 11.5 Å². The van der Waals surface area contributed by atoms with E-state index < -0.39 is 10.0 Å². The second-order valence-corrected chi connectivity index (χ2v) is 10.6. The minimum Gasteiger partial charge on any atom is -0.454 e. The standard InChI is InChI=1S/C20H20N4O6S2/c25-19(14-5-7-24(8-6-14)32(26,27)18-2-1-9-31-18)21-20-23-22-17(30-20)11-13-3-4-15-16(10-13)29-12-28-15/h1-4,9-10,14H,5-8,11-12H2,(H,21,23,25). The lowest BCUT2D eigenvalue weighted by atomic mass is 9.97. The lowest BCUT2D eigenvalue weighted by Crippen LogP contribution is -2.41. The Bertz CT molecular complexity index is 1220. The summed E-state index contributed by atoms with van der Waals surface area (Å²) in [5.74, 6) is 1.14. The van der Waals surface area contributed by atoms with Crippen LogP contribution in [0.1, 0.15) is 24.3 Å². The molecule has 1 saturated heterocycles. The van der Waals surface area contributed by atoms with Crippen LogP contribution in [0.4, 0.5) is 6.01 Å². The summed E-state index contributed by atoms with van der Waals surface area (Å²) in [5, 5.41) is 12.3. The van der Waals surface area contributed by atoms with Crippen molar-refractivity contribution in [3.8, 4) is 11.5 Å². The lowest BCUT2D eigenvalue weighted by Gasteiger charge is -2.29. The summed E-state index contributed by atoms with van der Waals surface area (Å²) in [6.07, 6.45) is 1.24. The highest BCUT2D eigenvalue weighted by Crippen LogP contribution is 2.33. The molecule has 3 aromatic rings. The molecule has 2 aliphatic rings. The van der Waals surface area contributed by atoms with Crippen LogP contribution in [0, 0.1) is 5.92 Å². The molecular formula is C20H20N4O6S2. The smallest absolute Gasteiger partial charge is 0.322 e. The fraction of sp³-hybridized carbons (Fsp3) is 0.350. The Morgan fingerprint density at radius 3 is 2.75 bits per heavy atom. The van der Waals surface area contributed by atoms with Gasteiger partial charge < -0.3 is 13.9 Å². The zero-order chi connectivity index (χ0) is 22.1. The van der Waals surface area contributed by atoms with Crippen molar-refractivity contribution in [3.05, 3.63) is 47.2 Å². The number of ether oxygens (including phenoxy) is 2. The van der Waals surface area contributed by atoms with Crippen LogP contribution < -0.4 is 14.8 Å². The number of amides is 1. The quantitative estimate of drug-likeness (QED) is 0.576. The number of carbonyl (C=O) groups excluding carboxylic acids is 1. The monoisotopic (exact) mass is 476 g/mol. The molecule has 0 unspecified atom stereocenters. The summed E-state index contributed by atoms with van der Waals surface area (Å²) in [6.45, 7) is 0.781. The second-order valence-electron chi connectivity index (χ2n) is 7.47. The molecule has 1 amide bonds. The molecule has 12 heteroatoms. The van der Waals surface area contributed by atoms with E-state index in [4.69, 9.17) is 13.9 Å². The van der Waals surface area contributed by atoms with Crippen molar-refractivity contribution >= 4 is 33.3 Å². The SMILES string of the molecule is O=C(Nc1nnc(Cc2ccc3c(c2)OCO3)o1)C1CCN(S(=O)(=O)c2cccs2)CC1. The number of fused-ring (bicyclic) bond motifs is 1. The number of hydrogen-bond donors (Lipinski definition) is 1. The van der Waals surface area contributed by atoms with Gasteiger partial charge in [0.25, 0.3) is 10.0 Å². The summed E-state index contributed by atoms with van der Waals surface area (Å²) in [7, 11) is -3.49. The van der Waals surface area contributed by atoms with E-state index in [9.17, 15) is 13.2 Å². The van der Waals surface area contributed by atoms with E-state index in [2.05, 4.69) is 15.5 Å². The van der Waals surface area contributed by atoms with Crippen LogP contribution >= 0.6 is 11.3 Å². The van der Waals surface area contributed by atoms with E-state index in [-0.39, 0.29) is 37.7 Å². The van der Waals surface area contributed by atoms with Crippen molar-refractivity contribution in [2.24, 2.45) is 5.92 Å². The van der Waals surface area contributed by atoms with Gasteiger partial charge in [0.2, 0.25) is 18.6 Å². The lowest BCUT2D eigenvalue weighted by molar-refractivity contribution is -0.121. The van der Waals surface area contributed by atoms with Crippen LogP contribution in [-0.2, 0) is 21.2 Å². The van der Waals surface area contributed by atoms with Crippen LogP contribution in [0.2, 0.25) is 0 Å². The average Bonchev–Trinajstić information content (AvgIpc) is 3.56. The number of aromatic nitrogens is 2. The number of anilines is 1. The fourth-order valence-corrected chi connectivity index (χ4v) is 6.32. The third-order valence-electron chi connectivity index (χ3n) is 5.40. The molecule has 10 nitrogen and oxygen atoms in total. The first-order chi connectivity index (χ1) is 15.5. The van der Waals surface area contributed by atoms with E-state index in [0.717, 1.165) is 5.56 Å². The number of sulfonamides is 1. The molecule has 1 fully saturated rings. The van der Waals surface area contributed by atoms with E-state index in [1.165, 1.54) is 15.6 Å². The molecule has 4 heterocycles. The molecule has 1 aromatic carbocycles. The van der Waals surface area contributed by atoms with Crippen molar-refractivity contribution in [2.45, 2.75) is 23.5 Å². The van der Waals surface area contributed by atoms with Crippen molar-refractivity contribution in [2.75, 3.05) is 25.2 Å². The first kappa shape index (κ1) is 20.9. The van der Waals surface area contributed by atoms with Gasteiger partial charge in [-0.2, -0.15) is 4.31 Å². The van der Waals surface area contributed by atoms with Crippen molar-refractivity contribution in [3.63, 3.8) is 0 Å². The molecule has 168 valence electrons. The first-order valence-corrected chi connectivity index (χ1v) is 12.4. The molecule has 0 saturated carbocycles. The molecule has 5 rings (SSSR count). The largest absolute Gasteiger partial charge is 0.454 e. The molecule has 32 heavy (non-hydrogen) atoms. The van der Waals surface area contributed by atoms with Gasteiger partial charge in [-0.25, -0.2) is 8.42 Å². The summed E-state index contributed by atoms with van der Waals surface area (Å²) in [4.78, 5) is 12.6. The summed E-state index contributed by atoms with van der Waals surface area (Å²) < 4.78 is 43.2. The topological polar surface area (TPSA) is 124 Å². The predicted molar refractivity (Wildman–Crippen MR) is 114 cm³/mol. The molecule has 0 atom stereocenters. The maximum absolute atomic E-state index is 12.6. The van der Waals surface area contributed by atoms with Crippen LogP contribution in [0.3, 0.4) is 0 Å². The Kier molecular flexibility index (Phi) is 5.57. The number of benzene rings is 1. The number of nitrogens with zero attached hydrogens (tertiary/aromatic N) is 3. The highest BCUT2D eigenvalue weighted by Gasteiger charge is 2.33. The fourth-order valence-electron chi connectivity index (χ4n) is 3.70. The van der Waals surface area contributed by atoms with E-state index >= 15 is 0 Å². The Morgan fingerprint density at radius 2 is 1.97 bits per heavy atom. The Labute approximate surface area is 188 Å². The van der Waals surface area contributed by atoms with Gasteiger partial charge in [-0.3, -0.25) is 10.1 Å². The third kappa shape index (κ3) is 4.20. The van der Waals surface area contributed by atoms with Gasteiger partial charge in [-0.05, 0) is 42.0 Å². The summed E-state index contributed by atoms with van der Waals surface area (Å²) >= 11 is 1.19. The van der Waals surface area contributed by atoms with Gasteiger partial charge in [0.05, 0.1) is 6.42 Å². The maximum atomic E-state index is 12.6. The predicted octanol–water partition coefficient (Wildman–Crippen LogP) is 2.49. The van der Waals surface area contributed by atoms with Crippen molar-refractivity contribution < 1.29 is 27.1 Å².